The number of amides is 1. The average Bonchev–Trinajstić information content (AvgIpc) is 2.39. The Balaban J connectivity index is 2.15. The molecule has 0 spiro atoms. The van der Waals surface area contributed by atoms with Crippen molar-refractivity contribution in [1.82, 2.24) is 4.90 Å². The number of rotatable bonds is 2. The van der Waals surface area contributed by atoms with E-state index < -0.39 is 11.6 Å². The van der Waals surface area contributed by atoms with E-state index in [9.17, 15) is 14.7 Å². The second-order valence-corrected chi connectivity index (χ2v) is 5.54. The van der Waals surface area contributed by atoms with Gasteiger partial charge in [-0.1, -0.05) is 29.3 Å². The first-order valence-electron chi connectivity index (χ1n) is 6.04. The van der Waals surface area contributed by atoms with Gasteiger partial charge in [-0.15, -0.1) is 0 Å². The highest BCUT2D eigenvalue weighted by atomic mass is 35.5. The molecule has 1 heterocycles. The molecule has 1 saturated heterocycles. The predicted octanol–water partition coefficient (Wildman–Crippen LogP) is 2.05. The lowest BCUT2D eigenvalue weighted by atomic mass is 9.91. The topological polar surface area (TPSA) is 77.8 Å². The number of aliphatic hydroxyl groups is 1. The molecule has 7 heteroatoms. The summed E-state index contributed by atoms with van der Waals surface area (Å²) in [4.78, 5) is 24.7. The minimum Gasteiger partial charge on any atom is -0.479 e. The molecule has 0 bridgehead atoms. The molecule has 1 aromatic rings. The van der Waals surface area contributed by atoms with Crippen molar-refractivity contribution in [3.8, 4) is 0 Å². The highest BCUT2D eigenvalue weighted by molar-refractivity contribution is 6.39. The highest BCUT2D eigenvalue weighted by Gasteiger charge is 2.40. The molecule has 0 saturated carbocycles. The van der Waals surface area contributed by atoms with Crippen molar-refractivity contribution in [2.45, 2.75) is 18.4 Å². The van der Waals surface area contributed by atoms with E-state index in [0.29, 0.717) is 0 Å². The number of carboxylic acids is 1. The number of carboxylic acid groups (broad SMARTS) is 1. The number of nitrogens with zero attached hydrogens (tertiary/aromatic N) is 1. The summed E-state index contributed by atoms with van der Waals surface area (Å²) >= 11 is 11.9. The van der Waals surface area contributed by atoms with Crippen LogP contribution in [0.5, 0.6) is 0 Å². The van der Waals surface area contributed by atoms with Crippen molar-refractivity contribution in [2.24, 2.45) is 0 Å². The lowest BCUT2D eigenvalue weighted by Crippen LogP contribution is -2.50. The van der Waals surface area contributed by atoms with Gasteiger partial charge >= 0.3 is 5.97 Å². The zero-order chi connectivity index (χ0) is 14.9. The summed E-state index contributed by atoms with van der Waals surface area (Å²) in [5.74, 6) is -1.62. The van der Waals surface area contributed by atoms with Crippen molar-refractivity contribution in [1.29, 1.82) is 0 Å². The summed E-state index contributed by atoms with van der Waals surface area (Å²) in [7, 11) is 0. The van der Waals surface area contributed by atoms with Crippen LogP contribution < -0.4 is 0 Å². The smallest absolute Gasteiger partial charge is 0.335 e. The van der Waals surface area contributed by atoms with E-state index in [-0.39, 0.29) is 47.4 Å². The van der Waals surface area contributed by atoms with Crippen LogP contribution in [-0.4, -0.2) is 45.7 Å². The lowest BCUT2D eigenvalue weighted by Gasteiger charge is -2.35. The SMILES string of the molecule is O=C(c1c(Cl)cccc1Cl)N1CCC(O)(C(=O)O)CC1. The van der Waals surface area contributed by atoms with E-state index >= 15 is 0 Å². The third-order valence-corrected chi connectivity index (χ3v) is 4.08. The van der Waals surface area contributed by atoms with Crippen LogP contribution in [0.25, 0.3) is 0 Å². The van der Waals surface area contributed by atoms with E-state index in [4.69, 9.17) is 28.3 Å². The molecule has 0 radical (unpaired) electrons. The van der Waals surface area contributed by atoms with Crippen LogP contribution in [0.2, 0.25) is 10.0 Å². The van der Waals surface area contributed by atoms with Crippen LogP contribution in [0.1, 0.15) is 23.2 Å². The van der Waals surface area contributed by atoms with Crippen molar-refractivity contribution in [3.05, 3.63) is 33.8 Å². The molecule has 20 heavy (non-hydrogen) atoms. The van der Waals surface area contributed by atoms with Gasteiger partial charge in [0.05, 0.1) is 15.6 Å². The number of hydrogen-bond donors (Lipinski definition) is 2. The summed E-state index contributed by atoms with van der Waals surface area (Å²) < 4.78 is 0. The molecule has 0 atom stereocenters. The van der Waals surface area contributed by atoms with Gasteiger partial charge in [0.2, 0.25) is 0 Å². The molecule has 1 aliphatic rings. The molecular formula is C13H13Cl2NO4. The molecule has 108 valence electrons. The fourth-order valence-corrected chi connectivity index (χ4v) is 2.71. The third kappa shape index (κ3) is 2.75. The van der Waals surface area contributed by atoms with E-state index in [2.05, 4.69) is 0 Å². The highest BCUT2D eigenvalue weighted by Crippen LogP contribution is 2.29. The Morgan fingerprint density at radius 1 is 1.15 bits per heavy atom. The largest absolute Gasteiger partial charge is 0.479 e. The molecule has 1 aliphatic heterocycles. The number of carbonyl (C=O) groups is 2. The number of piperidine rings is 1. The quantitative estimate of drug-likeness (QED) is 0.875. The summed E-state index contributed by atoms with van der Waals surface area (Å²) in [6.07, 6.45) is -0.0354. The molecule has 1 amide bonds. The lowest BCUT2D eigenvalue weighted by molar-refractivity contribution is -0.162. The van der Waals surface area contributed by atoms with E-state index in [0.717, 1.165) is 0 Å². The van der Waals surface area contributed by atoms with Crippen LogP contribution >= 0.6 is 23.2 Å². The van der Waals surface area contributed by atoms with Gasteiger partial charge in [-0.25, -0.2) is 4.79 Å². The number of hydrogen-bond acceptors (Lipinski definition) is 3. The molecule has 0 aromatic heterocycles. The summed E-state index contributed by atoms with van der Waals surface area (Å²) in [5.41, 5.74) is -1.56. The third-order valence-electron chi connectivity index (χ3n) is 3.45. The van der Waals surface area contributed by atoms with E-state index in [1.54, 1.807) is 18.2 Å². The second-order valence-electron chi connectivity index (χ2n) is 4.73. The van der Waals surface area contributed by atoms with Crippen LogP contribution in [0.15, 0.2) is 18.2 Å². The molecular weight excluding hydrogens is 305 g/mol. The molecule has 1 aromatic carbocycles. The van der Waals surface area contributed by atoms with Gasteiger partial charge in [-0.3, -0.25) is 4.79 Å². The summed E-state index contributed by atoms with van der Waals surface area (Å²) in [6.45, 7) is 0.284. The standard InChI is InChI=1S/C13H13Cl2NO4/c14-8-2-1-3-9(15)10(8)11(17)16-6-4-13(20,5-7-16)12(18)19/h1-3,20H,4-7H2,(H,18,19). The first kappa shape index (κ1) is 15.1. The zero-order valence-corrected chi connectivity index (χ0v) is 12.0. The minimum atomic E-state index is -1.76. The molecule has 0 unspecified atom stereocenters. The Labute approximate surface area is 125 Å². The maximum Gasteiger partial charge on any atom is 0.335 e. The Kier molecular flexibility index (Phi) is 4.22. The average molecular weight is 318 g/mol. The molecule has 5 nitrogen and oxygen atoms in total. The molecule has 0 aliphatic carbocycles. The number of aliphatic carboxylic acids is 1. The zero-order valence-electron chi connectivity index (χ0n) is 10.5. The van der Waals surface area contributed by atoms with E-state index in [1.807, 2.05) is 0 Å². The van der Waals surface area contributed by atoms with Gasteiger partial charge in [0, 0.05) is 25.9 Å². The number of benzene rings is 1. The maximum atomic E-state index is 12.4. The summed E-state index contributed by atoms with van der Waals surface area (Å²) in [5, 5.41) is 19.3. The van der Waals surface area contributed by atoms with Gasteiger partial charge in [-0.2, -0.15) is 0 Å². The van der Waals surface area contributed by atoms with Crippen molar-refractivity contribution >= 4 is 35.1 Å². The summed E-state index contributed by atoms with van der Waals surface area (Å²) in [6, 6.07) is 4.78. The van der Waals surface area contributed by atoms with Crippen molar-refractivity contribution in [2.75, 3.05) is 13.1 Å². The Morgan fingerprint density at radius 3 is 2.10 bits per heavy atom. The molecule has 2 rings (SSSR count). The van der Waals surface area contributed by atoms with E-state index in [1.165, 1.54) is 4.90 Å². The van der Waals surface area contributed by atoms with Gasteiger partial charge in [0.1, 0.15) is 0 Å². The number of halogens is 2. The van der Waals surface area contributed by atoms with Crippen molar-refractivity contribution in [3.63, 3.8) is 0 Å². The fraction of sp³-hybridized carbons (Fsp3) is 0.385. The first-order chi connectivity index (χ1) is 9.35. The predicted molar refractivity (Wildman–Crippen MR) is 74.2 cm³/mol. The fourth-order valence-electron chi connectivity index (χ4n) is 2.15. The number of carbonyl (C=O) groups excluding carboxylic acids is 1. The van der Waals surface area contributed by atoms with Crippen LogP contribution in [0.4, 0.5) is 0 Å². The van der Waals surface area contributed by atoms with Crippen LogP contribution in [0, 0.1) is 0 Å². The molecule has 1 fully saturated rings. The Bertz CT molecular complexity index is 533. The minimum absolute atomic E-state index is 0.0177. The monoisotopic (exact) mass is 317 g/mol. The Morgan fingerprint density at radius 2 is 1.65 bits per heavy atom. The second kappa shape index (κ2) is 5.60. The first-order valence-corrected chi connectivity index (χ1v) is 6.80. The van der Waals surface area contributed by atoms with Gasteiger partial charge in [0.25, 0.3) is 5.91 Å². The van der Waals surface area contributed by atoms with Crippen molar-refractivity contribution < 1.29 is 19.8 Å². The number of likely N-dealkylation sites (tertiary alicyclic amines) is 1. The van der Waals surface area contributed by atoms with Gasteiger partial charge in [0.15, 0.2) is 5.60 Å². The maximum absolute atomic E-state index is 12.4. The van der Waals surface area contributed by atoms with Crippen LogP contribution in [-0.2, 0) is 4.79 Å². The molecule has 2 N–H and O–H groups in total. The van der Waals surface area contributed by atoms with Crippen LogP contribution in [0.3, 0.4) is 0 Å². The normalized spacial score (nSPS) is 17.9. The van der Waals surface area contributed by atoms with Gasteiger partial charge < -0.3 is 15.1 Å². The Hall–Kier alpha value is -1.30. The van der Waals surface area contributed by atoms with Gasteiger partial charge in [-0.05, 0) is 12.1 Å².